The van der Waals surface area contributed by atoms with Crippen molar-refractivity contribution in [2.75, 3.05) is 13.7 Å². The SMILES string of the molecule is CCCN(C(C)C)C(C)CC(C)(NC(C)C)C(=O)OC. The van der Waals surface area contributed by atoms with Crippen LogP contribution in [0.5, 0.6) is 0 Å². The average Bonchev–Trinajstić information content (AvgIpc) is 2.32. The van der Waals surface area contributed by atoms with Crippen molar-refractivity contribution in [1.29, 1.82) is 0 Å². The van der Waals surface area contributed by atoms with E-state index in [0.29, 0.717) is 12.1 Å². The summed E-state index contributed by atoms with van der Waals surface area (Å²) in [4.78, 5) is 14.6. The van der Waals surface area contributed by atoms with Gasteiger partial charge in [-0.25, -0.2) is 0 Å². The van der Waals surface area contributed by atoms with Crippen molar-refractivity contribution < 1.29 is 9.53 Å². The van der Waals surface area contributed by atoms with Crippen molar-refractivity contribution in [3.05, 3.63) is 0 Å². The highest BCUT2D eigenvalue weighted by Gasteiger charge is 2.37. The zero-order valence-electron chi connectivity index (χ0n) is 14.6. The van der Waals surface area contributed by atoms with E-state index in [4.69, 9.17) is 4.74 Å². The van der Waals surface area contributed by atoms with Gasteiger partial charge in [0.1, 0.15) is 5.54 Å². The van der Waals surface area contributed by atoms with Crippen LogP contribution in [0.1, 0.15) is 61.3 Å². The van der Waals surface area contributed by atoms with E-state index in [9.17, 15) is 4.79 Å². The van der Waals surface area contributed by atoms with E-state index in [2.05, 4.69) is 51.8 Å². The number of esters is 1. The number of nitrogens with zero attached hydrogens (tertiary/aromatic N) is 1. The molecule has 0 bridgehead atoms. The lowest BCUT2D eigenvalue weighted by Gasteiger charge is -2.38. The fourth-order valence-corrected chi connectivity index (χ4v) is 3.02. The standard InChI is InChI=1S/C16H34N2O2/c1-9-10-18(13(4)5)14(6)11-16(7,15(19)20-8)17-12(2)3/h12-14,17H,9-11H2,1-8H3. The fraction of sp³-hybridized carbons (Fsp3) is 0.938. The molecule has 0 aromatic carbocycles. The van der Waals surface area contributed by atoms with Gasteiger partial charge in [0.2, 0.25) is 0 Å². The largest absolute Gasteiger partial charge is 0.468 e. The quantitative estimate of drug-likeness (QED) is 0.662. The molecular weight excluding hydrogens is 252 g/mol. The molecule has 4 nitrogen and oxygen atoms in total. The van der Waals surface area contributed by atoms with Crippen molar-refractivity contribution in [3.8, 4) is 0 Å². The van der Waals surface area contributed by atoms with Crippen molar-refractivity contribution in [1.82, 2.24) is 10.2 Å². The van der Waals surface area contributed by atoms with Crippen LogP contribution in [0.2, 0.25) is 0 Å². The molecule has 0 aromatic heterocycles. The maximum absolute atomic E-state index is 12.2. The highest BCUT2D eigenvalue weighted by molar-refractivity contribution is 5.80. The molecule has 0 aromatic rings. The lowest BCUT2D eigenvalue weighted by molar-refractivity contribution is -0.149. The molecule has 120 valence electrons. The Morgan fingerprint density at radius 3 is 2.15 bits per heavy atom. The van der Waals surface area contributed by atoms with E-state index in [1.54, 1.807) is 0 Å². The van der Waals surface area contributed by atoms with Gasteiger partial charge < -0.3 is 4.74 Å². The Morgan fingerprint density at radius 1 is 1.25 bits per heavy atom. The third kappa shape index (κ3) is 5.80. The van der Waals surface area contributed by atoms with Crippen LogP contribution in [0, 0.1) is 0 Å². The van der Waals surface area contributed by atoms with Crippen LogP contribution in [0.15, 0.2) is 0 Å². The molecule has 0 heterocycles. The monoisotopic (exact) mass is 286 g/mol. The summed E-state index contributed by atoms with van der Waals surface area (Å²) < 4.78 is 5.00. The minimum atomic E-state index is -0.636. The smallest absolute Gasteiger partial charge is 0.325 e. The summed E-state index contributed by atoms with van der Waals surface area (Å²) in [6, 6.07) is 1.04. The topological polar surface area (TPSA) is 41.6 Å². The minimum Gasteiger partial charge on any atom is -0.468 e. The van der Waals surface area contributed by atoms with Crippen LogP contribution in [-0.4, -0.2) is 48.2 Å². The summed E-state index contributed by atoms with van der Waals surface area (Å²) in [7, 11) is 1.46. The number of hydrogen-bond acceptors (Lipinski definition) is 4. The van der Waals surface area contributed by atoms with Crippen molar-refractivity contribution >= 4 is 5.97 Å². The van der Waals surface area contributed by atoms with Crippen LogP contribution in [0.25, 0.3) is 0 Å². The molecular formula is C16H34N2O2. The van der Waals surface area contributed by atoms with E-state index >= 15 is 0 Å². The number of methoxy groups -OCH3 is 1. The van der Waals surface area contributed by atoms with Crippen LogP contribution in [0.3, 0.4) is 0 Å². The Hall–Kier alpha value is -0.610. The molecule has 2 unspecified atom stereocenters. The Kier molecular flexibility index (Phi) is 8.36. The number of carbonyl (C=O) groups excluding carboxylic acids is 1. The summed E-state index contributed by atoms with van der Waals surface area (Å²) >= 11 is 0. The molecule has 0 spiro atoms. The Balaban J connectivity index is 4.99. The van der Waals surface area contributed by atoms with E-state index in [-0.39, 0.29) is 12.0 Å². The predicted octanol–water partition coefficient (Wildman–Crippen LogP) is 2.82. The fourth-order valence-electron chi connectivity index (χ4n) is 3.02. The van der Waals surface area contributed by atoms with Gasteiger partial charge in [-0.1, -0.05) is 6.92 Å². The first kappa shape index (κ1) is 19.4. The predicted molar refractivity (Wildman–Crippen MR) is 84.9 cm³/mol. The normalized spacial score (nSPS) is 16.6. The second kappa shape index (κ2) is 8.63. The van der Waals surface area contributed by atoms with Crippen LogP contribution in [-0.2, 0) is 9.53 Å². The molecule has 4 heteroatoms. The van der Waals surface area contributed by atoms with E-state index < -0.39 is 5.54 Å². The maximum atomic E-state index is 12.2. The molecule has 2 atom stereocenters. The highest BCUT2D eigenvalue weighted by Crippen LogP contribution is 2.20. The van der Waals surface area contributed by atoms with Gasteiger partial charge >= 0.3 is 5.97 Å². The van der Waals surface area contributed by atoms with Gasteiger partial charge in [0.15, 0.2) is 0 Å². The molecule has 0 aliphatic rings. The number of hydrogen-bond donors (Lipinski definition) is 1. The van der Waals surface area contributed by atoms with Gasteiger partial charge in [0, 0.05) is 18.1 Å². The lowest BCUT2D eigenvalue weighted by Crippen LogP contribution is -2.56. The number of rotatable bonds is 9. The van der Waals surface area contributed by atoms with E-state index in [1.165, 1.54) is 7.11 Å². The summed E-state index contributed by atoms with van der Waals surface area (Å²) in [5.41, 5.74) is -0.636. The zero-order valence-corrected chi connectivity index (χ0v) is 14.6. The molecule has 0 saturated heterocycles. The molecule has 0 saturated carbocycles. The summed E-state index contributed by atoms with van der Waals surface area (Å²) in [5.74, 6) is -0.182. The molecule has 0 aliphatic heterocycles. The minimum absolute atomic E-state index is 0.182. The third-order valence-electron chi connectivity index (χ3n) is 3.66. The summed E-state index contributed by atoms with van der Waals surface area (Å²) in [5, 5.41) is 3.37. The number of nitrogens with one attached hydrogen (secondary N) is 1. The molecule has 0 radical (unpaired) electrons. The van der Waals surface area contributed by atoms with E-state index in [1.807, 2.05) is 6.92 Å². The molecule has 1 N–H and O–H groups in total. The highest BCUT2D eigenvalue weighted by atomic mass is 16.5. The third-order valence-corrected chi connectivity index (χ3v) is 3.66. The van der Waals surface area contributed by atoms with Crippen LogP contribution in [0.4, 0.5) is 0 Å². The second-order valence-corrected chi connectivity index (χ2v) is 6.51. The Morgan fingerprint density at radius 2 is 1.80 bits per heavy atom. The molecule has 0 rings (SSSR count). The van der Waals surface area contributed by atoms with Crippen molar-refractivity contribution in [2.24, 2.45) is 0 Å². The first-order chi connectivity index (χ1) is 9.17. The van der Waals surface area contributed by atoms with Crippen molar-refractivity contribution in [2.45, 2.75) is 85.0 Å². The van der Waals surface area contributed by atoms with Crippen LogP contribution < -0.4 is 5.32 Å². The van der Waals surface area contributed by atoms with Gasteiger partial charge in [-0.15, -0.1) is 0 Å². The Labute approximate surface area is 125 Å². The van der Waals surface area contributed by atoms with E-state index in [0.717, 1.165) is 19.4 Å². The first-order valence-electron chi connectivity index (χ1n) is 7.79. The number of ether oxygens (including phenoxy) is 1. The molecule has 0 aliphatic carbocycles. The Bertz CT molecular complexity index is 292. The summed E-state index contributed by atoms with van der Waals surface area (Å²) in [6.07, 6.45) is 1.87. The van der Waals surface area contributed by atoms with Gasteiger partial charge in [0.25, 0.3) is 0 Å². The molecule has 0 amide bonds. The maximum Gasteiger partial charge on any atom is 0.325 e. The van der Waals surface area contributed by atoms with Gasteiger partial charge in [-0.05, 0) is 60.9 Å². The van der Waals surface area contributed by atoms with Crippen molar-refractivity contribution in [3.63, 3.8) is 0 Å². The van der Waals surface area contributed by atoms with Crippen LogP contribution >= 0.6 is 0 Å². The van der Waals surface area contributed by atoms with Gasteiger partial charge in [-0.2, -0.15) is 0 Å². The molecule has 0 fully saturated rings. The average molecular weight is 286 g/mol. The first-order valence-corrected chi connectivity index (χ1v) is 7.79. The number of carbonyl (C=O) groups is 1. The summed E-state index contributed by atoms with van der Waals surface area (Å²) in [6.45, 7) is 15.9. The lowest BCUT2D eigenvalue weighted by atomic mass is 9.91. The zero-order chi connectivity index (χ0) is 15.9. The molecule has 20 heavy (non-hydrogen) atoms. The second-order valence-electron chi connectivity index (χ2n) is 6.51. The van der Waals surface area contributed by atoms with Gasteiger partial charge in [0.05, 0.1) is 7.11 Å². The van der Waals surface area contributed by atoms with Gasteiger partial charge in [-0.3, -0.25) is 15.0 Å².